The summed E-state index contributed by atoms with van der Waals surface area (Å²) in [6, 6.07) is 10.4. The summed E-state index contributed by atoms with van der Waals surface area (Å²) in [6.45, 7) is 2.10. The Morgan fingerprint density at radius 1 is 1.18 bits per heavy atom. The highest BCUT2D eigenvalue weighted by Crippen LogP contribution is 2.49. The van der Waals surface area contributed by atoms with E-state index in [-0.39, 0.29) is 30.2 Å². The van der Waals surface area contributed by atoms with Crippen molar-refractivity contribution in [2.75, 3.05) is 11.9 Å². The number of amides is 2. The van der Waals surface area contributed by atoms with E-state index in [2.05, 4.69) is 17.6 Å². The molecule has 2 aliphatic rings. The van der Waals surface area contributed by atoms with Crippen LogP contribution in [0, 0.1) is 17.8 Å². The number of benzene rings is 1. The van der Waals surface area contributed by atoms with Crippen molar-refractivity contribution in [3.8, 4) is 5.75 Å². The zero-order valence-electron chi connectivity index (χ0n) is 16.0. The van der Waals surface area contributed by atoms with E-state index in [0.717, 1.165) is 11.8 Å². The standard InChI is InChI=1S/C22H26N2O4/c1-14(19-12-15-4-5-16(19)11-15)23-21(25)13-28-18-8-6-17(7-9-18)24-22(26)20-3-2-10-27-20/h2-3,6-10,14-16,19H,4-5,11-13H2,1H3,(H,23,25)(H,24,26)/t14-,15+,16+,19-/m1/s1. The molecule has 148 valence electrons. The van der Waals surface area contributed by atoms with Crippen LogP contribution in [0.25, 0.3) is 0 Å². The van der Waals surface area contributed by atoms with E-state index in [1.165, 1.54) is 31.9 Å². The van der Waals surface area contributed by atoms with Gasteiger partial charge in [-0.3, -0.25) is 9.59 Å². The van der Waals surface area contributed by atoms with E-state index < -0.39 is 0 Å². The van der Waals surface area contributed by atoms with Crippen molar-refractivity contribution in [3.63, 3.8) is 0 Å². The molecule has 0 radical (unpaired) electrons. The summed E-state index contributed by atoms with van der Waals surface area (Å²) in [6.07, 6.45) is 6.72. The smallest absolute Gasteiger partial charge is 0.291 e. The van der Waals surface area contributed by atoms with Crippen LogP contribution in [0.4, 0.5) is 5.69 Å². The minimum absolute atomic E-state index is 0.0107. The number of ether oxygens (including phenoxy) is 1. The lowest BCUT2D eigenvalue weighted by Gasteiger charge is -2.28. The Balaban J connectivity index is 1.22. The molecule has 0 spiro atoms. The molecule has 2 bridgehead atoms. The van der Waals surface area contributed by atoms with E-state index in [0.29, 0.717) is 17.4 Å². The second-order valence-electron chi connectivity index (χ2n) is 7.94. The maximum absolute atomic E-state index is 12.2. The van der Waals surface area contributed by atoms with Crippen LogP contribution >= 0.6 is 0 Å². The number of hydrogen-bond acceptors (Lipinski definition) is 4. The molecule has 6 heteroatoms. The van der Waals surface area contributed by atoms with Crippen molar-refractivity contribution in [2.45, 2.75) is 38.6 Å². The third kappa shape index (κ3) is 4.21. The fourth-order valence-electron chi connectivity index (χ4n) is 4.69. The van der Waals surface area contributed by atoms with Gasteiger partial charge in [0.05, 0.1) is 6.26 Å². The lowest BCUT2D eigenvalue weighted by Crippen LogP contribution is -2.42. The zero-order valence-corrected chi connectivity index (χ0v) is 16.0. The number of furan rings is 1. The lowest BCUT2D eigenvalue weighted by atomic mass is 9.84. The summed E-state index contributed by atoms with van der Waals surface area (Å²) >= 11 is 0. The van der Waals surface area contributed by atoms with Gasteiger partial charge < -0.3 is 19.8 Å². The number of rotatable bonds is 7. The molecule has 2 aliphatic carbocycles. The Morgan fingerprint density at radius 2 is 2.00 bits per heavy atom. The fraction of sp³-hybridized carbons (Fsp3) is 0.455. The highest BCUT2D eigenvalue weighted by atomic mass is 16.5. The number of hydrogen-bond donors (Lipinski definition) is 2. The lowest BCUT2D eigenvalue weighted by molar-refractivity contribution is -0.124. The highest BCUT2D eigenvalue weighted by Gasteiger charge is 2.42. The average molecular weight is 382 g/mol. The topological polar surface area (TPSA) is 80.6 Å². The van der Waals surface area contributed by atoms with Gasteiger partial charge in [0, 0.05) is 11.7 Å². The molecular formula is C22H26N2O4. The van der Waals surface area contributed by atoms with E-state index >= 15 is 0 Å². The first-order chi connectivity index (χ1) is 13.6. The van der Waals surface area contributed by atoms with Gasteiger partial charge in [0.1, 0.15) is 5.75 Å². The van der Waals surface area contributed by atoms with Gasteiger partial charge in [-0.1, -0.05) is 6.42 Å². The predicted molar refractivity (Wildman–Crippen MR) is 105 cm³/mol. The average Bonchev–Trinajstić information content (AvgIpc) is 3.45. The molecule has 2 fully saturated rings. The van der Waals surface area contributed by atoms with Gasteiger partial charge in [-0.2, -0.15) is 0 Å². The molecule has 2 saturated carbocycles. The summed E-state index contributed by atoms with van der Waals surface area (Å²) in [5.74, 6) is 2.70. The third-order valence-corrected chi connectivity index (χ3v) is 6.05. The summed E-state index contributed by atoms with van der Waals surface area (Å²) in [4.78, 5) is 24.2. The van der Waals surface area contributed by atoms with E-state index in [1.807, 2.05) is 0 Å². The van der Waals surface area contributed by atoms with Gasteiger partial charge in [-0.25, -0.2) is 0 Å². The van der Waals surface area contributed by atoms with Crippen molar-refractivity contribution in [1.29, 1.82) is 0 Å². The maximum Gasteiger partial charge on any atom is 0.291 e. The van der Waals surface area contributed by atoms with Crippen LogP contribution < -0.4 is 15.4 Å². The normalized spacial score (nSPS) is 24.0. The summed E-state index contributed by atoms with van der Waals surface area (Å²) in [5.41, 5.74) is 0.628. The Kier molecular flexibility index (Phi) is 5.37. The van der Waals surface area contributed by atoms with E-state index in [4.69, 9.17) is 9.15 Å². The van der Waals surface area contributed by atoms with Gasteiger partial charge in [0.25, 0.3) is 11.8 Å². The monoisotopic (exact) mass is 382 g/mol. The molecule has 2 aromatic rings. The number of nitrogens with one attached hydrogen (secondary N) is 2. The van der Waals surface area contributed by atoms with Gasteiger partial charge in [0.2, 0.25) is 0 Å². The van der Waals surface area contributed by atoms with Crippen LogP contribution in [0.5, 0.6) is 5.75 Å². The van der Waals surface area contributed by atoms with Gasteiger partial charge in [-0.15, -0.1) is 0 Å². The molecule has 28 heavy (non-hydrogen) atoms. The molecule has 0 unspecified atom stereocenters. The Morgan fingerprint density at radius 3 is 2.64 bits per heavy atom. The first-order valence-electron chi connectivity index (χ1n) is 9.95. The van der Waals surface area contributed by atoms with Crippen molar-refractivity contribution in [1.82, 2.24) is 5.32 Å². The molecule has 6 nitrogen and oxygen atoms in total. The molecule has 0 saturated heterocycles. The summed E-state index contributed by atoms with van der Waals surface area (Å²) < 4.78 is 10.6. The van der Waals surface area contributed by atoms with Gasteiger partial charge in [0.15, 0.2) is 12.4 Å². The van der Waals surface area contributed by atoms with Crippen molar-refractivity contribution in [2.24, 2.45) is 17.8 Å². The highest BCUT2D eigenvalue weighted by molar-refractivity contribution is 6.02. The van der Waals surface area contributed by atoms with Crippen LogP contribution in [-0.2, 0) is 4.79 Å². The van der Waals surface area contributed by atoms with Crippen molar-refractivity contribution >= 4 is 17.5 Å². The van der Waals surface area contributed by atoms with Crippen molar-refractivity contribution < 1.29 is 18.7 Å². The molecule has 1 aromatic carbocycles. The van der Waals surface area contributed by atoms with Crippen LogP contribution in [-0.4, -0.2) is 24.5 Å². The Labute approximate surface area is 164 Å². The predicted octanol–water partition coefficient (Wildman–Crippen LogP) is 3.85. The van der Waals surface area contributed by atoms with Gasteiger partial charge >= 0.3 is 0 Å². The molecule has 4 rings (SSSR count). The quantitative estimate of drug-likeness (QED) is 0.762. The number of carbonyl (C=O) groups excluding carboxylic acids is 2. The van der Waals surface area contributed by atoms with E-state index in [9.17, 15) is 9.59 Å². The fourth-order valence-corrected chi connectivity index (χ4v) is 4.69. The summed E-state index contributed by atoms with van der Waals surface area (Å²) in [7, 11) is 0. The Bertz CT molecular complexity index is 816. The van der Waals surface area contributed by atoms with Crippen LogP contribution in [0.2, 0.25) is 0 Å². The second kappa shape index (κ2) is 8.09. The molecule has 2 amide bonds. The minimum Gasteiger partial charge on any atom is -0.484 e. The number of fused-ring (bicyclic) bond motifs is 2. The Hall–Kier alpha value is -2.76. The second-order valence-corrected chi connectivity index (χ2v) is 7.94. The first-order valence-corrected chi connectivity index (χ1v) is 9.95. The van der Waals surface area contributed by atoms with E-state index in [1.54, 1.807) is 36.4 Å². The zero-order chi connectivity index (χ0) is 19.5. The molecule has 1 heterocycles. The van der Waals surface area contributed by atoms with Crippen molar-refractivity contribution in [3.05, 3.63) is 48.4 Å². The first kappa shape index (κ1) is 18.6. The molecule has 1 aromatic heterocycles. The van der Waals surface area contributed by atoms with Crippen LogP contribution in [0.1, 0.15) is 43.2 Å². The molecule has 2 N–H and O–H groups in total. The SMILES string of the molecule is C[C@@H](NC(=O)COc1ccc(NC(=O)c2ccco2)cc1)[C@H]1C[C@H]2CC[C@H]1C2. The molecule has 4 atom stereocenters. The number of anilines is 1. The summed E-state index contributed by atoms with van der Waals surface area (Å²) in [5, 5.41) is 5.84. The van der Waals surface area contributed by atoms with Gasteiger partial charge in [-0.05, 0) is 80.3 Å². The third-order valence-electron chi connectivity index (χ3n) is 6.05. The molecule has 0 aliphatic heterocycles. The number of carbonyl (C=O) groups is 2. The maximum atomic E-state index is 12.2. The molecular weight excluding hydrogens is 356 g/mol. The van der Waals surface area contributed by atoms with Crippen LogP contribution in [0.15, 0.2) is 47.1 Å². The van der Waals surface area contributed by atoms with Crippen LogP contribution in [0.3, 0.4) is 0 Å². The largest absolute Gasteiger partial charge is 0.484 e. The minimum atomic E-state index is -0.312.